The van der Waals surface area contributed by atoms with Crippen molar-refractivity contribution in [2.75, 3.05) is 0 Å². The highest BCUT2D eigenvalue weighted by Crippen LogP contribution is 2.35. The van der Waals surface area contributed by atoms with Crippen LogP contribution in [0.5, 0.6) is 0 Å². The summed E-state index contributed by atoms with van der Waals surface area (Å²) in [6.07, 6.45) is 0. The van der Waals surface area contributed by atoms with Crippen LogP contribution < -0.4 is 0 Å². The van der Waals surface area contributed by atoms with Crippen molar-refractivity contribution >= 4 is 43.5 Å². The van der Waals surface area contributed by atoms with Crippen molar-refractivity contribution in [3.63, 3.8) is 0 Å². The van der Waals surface area contributed by atoms with E-state index in [1.165, 1.54) is 4.70 Å². The first-order valence-electron chi connectivity index (χ1n) is 17.1. The zero-order chi connectivity index (χ0) is 34.4. The average molecular weight is 685 g/mol. The quantitative estimate of drug-likeness (QED) is 0.174. The van der Waals surface area contributed by atoms with E-state index in [0.29, 0.717) is 17.5 Å². The van der Waals surface area contributed by atoms with Gasteiger partial charge in [-0.05, 0) is 58.7 Å². The van der Waals surface area contributed by atoms with Gasteiger partial charge in [0, 0.05) is 33.0 Å². The molecule has 0 aliphatic rings. The Labute approximate surface area is 303 Å². The fourth-order valence-electron chi connectivity index (χ4n) is 6.71. The van der Waals surface area contributed by atoms with Crippen LogP contribution in [0.4, 0.5) is 0 Å². The van der Waals surface area contributed by atoms with Crippen LogP contribution in [0.2, 0.25) is 0 Å². The smallest absolute Gasteiger partial charge is 0.164 e. The molecule has 0 saturated carbocycles. The summed E-state index contributed by atoms with van der Waals surface area (Å²) < 4.78 is 7.43. The number of furan rings is 1. The summed E-state index contributed by atoms with van der Waals surface area (Å²) >= 11 is 1.72. The van der Waals surface area contributed by atoms with Gasteiger partial charge in [-0.15, -0.1) is 11.3 Å². The predicted octanol–water partition coefficient (Wildman–Crippen LogP) is 12.4. The molecular formula is C46H28N4OS. The molecule has 5 nitrogen and oxygen atoms in total. The van der Waals surface area contributed by atoms with E-state index in [1.807, 2.05) is 36.4 Å². The second-order valence-corrected chi connectivity index (χ2v) is 13.7. The van der Waals surface area contributed by atoms with E-state index in [0.717, 1.165) is 77.0 Å². The molecule has 0 bridgehead atoms. The van der Waals surface area contributed by atoms with Crippen LogP contribution in [0.3, 0.4) is 0 Å². The molecule has 0 unspecified atom stereocenters. The lowest BCUT2D eigenvalue weighted by atomic mass is 10.0. The van der Waals surface area contributed by atoms with Crippen LogP contribution in [0.25, 0.3) is 99.1 Å². The van der Waals surface area contributed by atoms with Crippen LogP contribution in [-0.2, 0) is 0 Å². The Morgan fingerprint density at radius 2 is 0.885 bits per heavy atom. The Balaban J connectivity index is 1.03. The number of aromatic nitrogens is 4. The molecule has 52 heavy (non-hydrogen) atoms. The molecule has 0 N–H and O–H groups in total. The summed E-state index contributed by atoms with van der Waals surface area (Å²) in [7, 11) is 0. The number of thiazole rings is 1. The van der Waals surface area contributed by atoms with E-state index in [9.17, 15) is 0 Å². The SMILES string of the molecule is c1ccc(-c2cccc(-c3nc(-c4ccc(-c5ccc(-c6nc7ccccc7s6)cc5)cc4)nc(-c4ccc5c(c4)oc4ccccc45)n3)c2)cc1. The highest BCUT2D eigenvalue weighted by molar-refractivity contribution is 7.21. The van der Waals surface area contributed by atoms with Crippen molar-refractivity contribution in [1.29, 1.82) is 0 Å². The third-order valence-electron chi connectivity index (χ3n) is 9.40. The van der Waals surface area contributed by atoms with Crippen molar-refractivity contribution in [3.8, 4) is 67.0 Å². The highest BCUT2D eigenvalue weighted by Gasteiger charge is 2.16. The summed E-state index contributed by atoms with van der Waals surface area (Å²) in [5.74, 6) is 1.80. The standard InChI is InChI=1S/C46H28N4OS/c1-2-9-29(10-3-1)34-11-8-12-35(27-34)44-48-43(49-45(50-44)36-25-26-38-37-13-4-6-15-40(37)51-41(38)28-36)32-21-17-30(18-22-32)31-19-23-33(24-20-31)46-47-39-14-5-7-16-42(39)52-46/h1-28H. The molecule has 7 aromatic carbocycles. The number of rotatable bonds is 6. The molecule has 244 valence electrons. The lowest BCUT2D eigenvalue weighted by molar-refractivity contribution is 0.669. The first-order valence-corrected chi connectivity index (χ1v) is 17.9. The fraction of sp³-hybridized carbons (Fsp3) is 0. The van der Waals surface area contributed by atoms with E-state index in [2.05, 4.69) is 133 Å². The normalized spacial score (nSPS) is 11.5. The Bertz CT molecular complexity index is 2860. The van der Waals surface area contributed by atoms with E-state index in [4.69, 9.17) is 24.4 Å². The number of hydrogen-bond acceptors (Lipinski definition) is 6. The minimum Gasteiger partial charge on any atom is -0.456 e. The van der Waals surface area contributed by atoms with Gasteiger partial charge in [0.1, 0.15) is 16.2 Å². The lowest BCUT2D eigenvalue weighted by Gasteiger charge is -2.10. The Hall–Kier alpha value is -6.76. The zero-order valence-electron chi connectivity index (χ0n) is 27.8. The maximum atomic E-state index is 6.24. The molecule has 0 radical (unpaired) electrons. The summed E-state index contributed by atoms with van der Waals surface area (Å²) in [6.45, 7) is 0. The van der Waals surface area contributed by atoms with Gasteiger partial charge in [0.15, 0.2) is 17.5 Å². The van der Waals surface area contributed by atoms with Crippen molar-refractivity contribution in [2.24, 2.45) is 0 Å². The molecule has 0 saturated heterocycles. The van der Waals surface area contributed by atoms with E-state index in [-0.39, 0.29) is 0 Å². The molecule has 0 amide bonds. The maximum Gasteiger partial charge on any atom is 0.164 e. The lowest BCUT2D eigenvalue weighted by Crippen LogP contribution is -2.00. The predicted molar refractivity (Wildman–Crippen MR) is 213 cm³/mol. The summed E-state index contributed by atoms with van der Waals surface area (Å²) in [5.41, 5.74) is 11.0. The van der Waals surface area contributed by atoms with E-state index >= 15 is 0 Å². The van der Waals surface area contributed by atoms with Gasteiger partial charge in [0.2, 0.25) is 0 Å². The Morgan fingerprint density at radius 1 is 0.346 bits per heavy atom. The average Bonchev–Trinajstić information content (AvgIpc) is 3.83. The third kappa shape index (κ3) is 5.52. The second kappa shape index (κ2) is 12.5. The minimum atomic E-state index is 0.585. The molecule has 10 aromatic rings. The van der Waals surface area contributed by atoms with Crippen molar-refractivity contribution < 1.29 is 4.42 Å². The molecule has 0 atom stereocenters. The number of benzene rings is 7. The van der Waals surface area contributed by atoms with E-state index in [1.54, 1.807) is 11.3 Å². The molecule has 3 heterocycles. The maximum absolute atomic E-state index is 6.24. The number of fused-ring (bicyclic) bond motifs is 4. The number of hydrogen-bond donors (Lipinski definition) is 0. The largest absolute Gasteiger partial charge is 0.456 e. The van der Waals surface area contributed by atoms with Crippen LogP contribution >= 0.6 is 11.3 Å². The molecule has 0 aliphatic heterocycles. The third-order valence-corrected chi connectivity index (χ3v) is 10.5. The molecule has 0 spiro atoms. The van der Waals surface area contributed by atoms with Gasteiger partial charge in [0.05, 0.1) is 10.2 Å². The van der Waals surface area contributed by atoms with Gasteiger partial charge in [-0.1, -0.05) is 133 Å². The second-order valence-electron chi connectivity index (χ2n) is 12.7. The molecule has 6 heteroatoms. The van der Waals surface area contributed by atoms with Gasteiger partial charge in [-0.3, -0.25) is 0 Å². The van der Waals surface area contributed by atoms with Gasteiger partial charge in [-0.2, -0.15) is 0 Å². The first kappa shape index (κ1) is 30.1. The van der Waals surface area contributed by atoms with Crippen LogP contribution in [-0.4, -0.2) is 19.9 Å². The van der Waals surface area contributed by atoms with Crippen molar-refractivity contribution in [2.45, 2.75) is 0 Å². The Morgan fingerprint density at radius 3 is 1.65 bits per heavy atom. The van der Waals surface area contributed by atoms with Gasteiger partial charge >= 0.3 is 0 Å². The molecule has 10 rings (SSSR count). The molecule has 3 aromatic heterocycles. The molecule has 0 aliphatic carbocycles. The summed E-state index contributed by atoms with van der Waals surface area (Å²) in [4.78, 5) is 19.9. The van der Waals surface area contributed by atoms with Crippen LogP contribution in [0.1, 0.15) is 0 Å². The summed E-state index contributed by atoms with van der Waals surface area (Å²) in [5, 5.41) is 3.18. The molecule has 0 fully saturated rings. The van der Waals surface area contributed by atoms with Crippen molar-refractivity contribution in [1.82, 2.24) is 19.9 Å². The topological polar surface area (TPSA) is 64.7 Å². The van der Waals surface area contributed by atoms with Gasteiger partial charge in [-0.25, -0.2) is 19.9 Å². The van der Waals surface area contributed by atoms with Crippen molar-refractivity contribution in [3.05, 3.63) is 170 Å². The highest BCUT2D eigenvalue weighted by atomic mass is 32.1. The first-order chi connectivity index (χ1) is 25.7. The molecular weight excluding hydrogens is 657 g/mol. The number of nitrogens with zero attached hydrogens (tertiary/aromatic N) is 4. The monoisotopic (exact) mass is 684 g/mol. The minimum absolute atomic E-state index is 0.585. The van der Waals surface area contributed by atoms with Crippen LogP contribution in [0.15, 0.2) is 174 Å². The van der Waals surface area contributed by atoms with E-state index < -0.39 is 0 Å². The van der Waals surface area contributed by atoms with Gasteiger partial charge in [0.25, 0.3) is 0 Å². The van der Waals surface area contributed by atoms with Crippen LogP contribution in [0, 0.1) is 0 Å². The number of para-hydroxylation sites is 2. The summed E-state index contributed by atoms with van der Waals surface area (Å²) in [6, 6.07) is 58.3. The fourth-order valence-corrected chi connectivity index (χ4v) is 7.68. The van der Waals surface area contributed by atoms with Gasteiger partial charge < -0.3 is 4.42 Å². The Kier molecular flexibility index (Phi) is 7.25. The zero-order valence-corrected chi connectivity index (χ0v) is 28.6.